The lowest BCUT2D eigenvalue weighted by Gasteiger charge is -2.32. The molecular formula is C16H17ClN4O2. The minimum atomic E-state index is -0.140. The van der Waals surface area contributed by atoms with Gasteiger partial charge in [0.05, 0.1) is 10.7 Å². The van der Waals surface area contributed by atoms with E-state index in [4.69, 9.17) is 16.3 Å². The van der Waals surface area contributed by atoms with Crippen molar-refractivity contribution in [3.63, 3.8) is 0 Å². The van der Waals surface area contributed by atoms with Crippen LogP contribution in [0.3, 0.4) is 0 Å². The van der Waals surface area contributed by atoms with Gasteiger partial charge in [0.1, 0.15) is 12.4 Å². The number of urea groups is 1. The number of amides is 2. The third-order valence-electron chi connectivity index (χ3n) is 3.69. The summed E-state index contributed by atoms with van der Waals surface area (Å²) in [6.07, 6.45) is 4.70. The highest BCUT2D eigenvalue weighted by Gasteiger charge is 2.24. The number of aromatic nitrogens is 2. The molecule has 23 heavy (non-hydrogen) atoms. The van der Waals surface area contributed by atoms with Crippen molar-refractivity contribution in [1.82, 2.24) is 14.9 Å². The van der Waals surface area contributed by atoms with Crippen LogP contribution in [0.5, 0.6) is 5.88 Å². The van der Waals surface area contributed by atoms with Gasteiger partial charge in [-0.15, -0.1) is 0 Å². The zero-order valence-electron chi connectivity index (χ0n) is 12.5. The molecule has 120 valence electrons. The van der Waals surface area contributed by atoms with E-state index in [1.807, 2.05) is 12.1 Å². The Morgan fingerprint density at radius 1 is 1.26 bits per heavy atom. The summed E-state index contributed by atoms with van der Waals surface area (Å²) in [6, 6.07) is 8.79. The molecule has 0 bridgehead atoms. The predicted molar refractivity (Wildman–Crippen MR) is 87.7 cm³/mol. The van der Waals surface area contributed by atoms with Crippen LogP contribution in [-0.2, 0) is 0 Å². The van der Waals surface area contributed by atoms with Gasteiger partial charge in [0.2, 0.25) is 5.88 Å². The van der Waals surface area contributed by atoms with E-state index in [1.165, 1.54) is 6.33 Å². The maximum Gasteiger partial charge on any atom is 0.321 e. The first-order chi connectivity index (χ1) is 11.2. The number of likely N-dealkylation sites (tertiary alicyclic amines) is 1. The van der Waals surface area contributed by atoms with Gasteiger partial charge in [-0.1, -0.05) is 23.7 Å². The number of benzene rings is 1. The summed E-state index contributed by atoms with van der Waals surface area (Å²) >= 11 is 6.06. The van der Waals surface area contributed by atoms with Gasteiger partial charge in [-0.3, -0.25) is 0 Å². The van der Waals surface area contributed by atoms with Crippen molar-refractivity contribution >= 4 is 23.3 Å². The zero-order valence-corrected chi connectivity index (χ0v) is 13.2. The Labute approximate surface area is 139 Å². The molecule has 7 heteroatoms. The summed E-state index contributed by atoms with van der Waals surface area (Å²) < 4.78 is 5.79. The number of carbonyl (C=O) groups excluding carboxylic acids is 1. The Balaban J connectivity index is 1.50. The topological polar surface area (TPSA) is 67.4 Å². The number of para-hydroxylation sites is 1. The number of halogens is 1. The van der Waals surface area contributed by atoms with Crippen LogP contribution in [0, 0.1) is 0 Å². The van der Waals surface area contributed by atoms with Crippen LogP contribution in [-0.4, -0.2) is 40.1 Å². The quantitative estimate of drug-likeness (QED) is 0.937. The maximum atomic E-state index is 12.3. The Hall–Kier alpha value is -2.34. The van der Waals surface area contributed by atoms with Gasteiger partial charge in [-0.2, -0.15) is 0 Å². The number of carbonyl (C=O) groups is 1. The zero-order chi connectivity index (χ0) is 16.1. The van der Waals surface area contributed by atoms with Crippen molar-refractivity contribution in [2.75, 3.05) is 18.4 Å². The molecule has 1 N–H and O–H groups in total. The average molecular weight is 333 g/mol. The number of piperidine rings is 1. The molecule has 0 saturated carbocycles. The second-order valence-electron chi connectivity index (χ2n) is 5.26. The number of hydrogen-bond donors (Lipinski definition) is 1. The maximum absolute atomic E-state index is 12.3. The highest BCUT2D eigenvalue weighted by Crippen LogP contribution is 2.22. The Morgan fingerprint density at radius 3 is 2.74 bits per heavy atom. The molecule has 1 aromatic carbocycles. The first-order valence-electron chi connectivity index (χ1n) is 7.45. The molecule has 1 aromatic heterocycles. The van der Waals surface area contributed by atoms with Gasteiger partial charge in [0, 0.05) is 38.2 Å². The van der Waals surface area contributed by atoms with Gasteiger partial charge in [-0.05, 0) is 12.1 Å². The Kier molecular flexibility index (Phi) is 4.92. The molecule has 0 aliphatic carbocycles. The third-order valence-corrected chi connectivity index (χ3v) is 4.02. The summed E-state index contributed by atoms with van der Waals surface area (Å²) in [4.78, 5) is 22.0. The van der Waals surface area contributed by atoms with Crippen molar-refractivity contribution in [1.29, 1.82) is 0 Å². The summed E-state index contributed by atoms with van der Waals surface area (Å²) in [7, 11) is 0. The van der Waals surface area contributed by atoms with Crippen LogP contribution in [0.25, 0.3) is 0 Å². The molecule has 1 fully saturated rings. The lowest BCUT2D eigenvalue weighted by atomic mass is 10.1. The first kappa shape index (κ1) is 15.6. The van der Waals surface area contributed by atoms with Crippen LogP contribution in [0.15, 0.2) is 42.9 Å². The lowest BCUT2D eigenvalue weighted by molar-refractivity contribution is 0.111. The number of anilines is 1. The molecule has 0 unspecified atom stereocenters. The summed E-state index contributed by atoms with van der Waals surface area (Å²) in [5.41, 5.74) is 0.624. The Bertz CT molecular complexity index is 660. The van der Waals surface area contributed by atoms with Crippen molar-refractivity contribution in [2.45, 2.75) is 18.9 Å². The van der Waals surface area contributed by atoms with Crippen molar-refractivity contribution in [3.8, 4) is 5.88 Å². The fourth-order valence-electron chi connectivity index (χ4n) is 2.45. The molecule has 3 rings (SSSR count). The monoisotopic (exact) mass is 332 g/mol. The van der Waals surface area contributed by atoms with E-state index in [0.29, 0.717) is 29.7 Å². The van der Waals surface area contributed by atoms with Gasteiger partial charge in [0.25, 0.3) is 0 Å². The number of nitrogens with zero attached hydrogens (tertiary/aromatic N) is 3. The molecule has 2 heterocycles. The molecule has 1 aliphatic heterocycles. The number of rotatable bonds is 3. The van der Waals surface area contributed by atoms with Crippen LogP contribution in [0.4, 0.5) is 10.5 Å². The third kappa shape index (κ3) is 4.10. The highest BCUT2D eigenvalue weighted by molar-refractivity contribution is 6.33. The van der Waals surface area contributed by atoms with E-state index in [0.717, 1.165) is 12.8 Å². The molecule has 0 atom stereocenters. The normalized spacial score (nSPS) is 15.3. The predicted octanol–water partition coefficient (Wildman–Crippen LogP) is 3.21. The van der Waals surface area contributed by atoms with E-state index in [9.17, 15) is 4.79 Å². The summed E-state index contributed by atoms with van der Waals surface area (Å²) in [5.74, 6) is 0.568. The molecule has 0 radical (unpaired) electrons. The van der Waals surface area contributed by atoms with Gasteiger partial charge >= 0.3 is 6.03 Å². The number of nitrogens with one attached hydrogen (secondary N) is 1. The number of ether oxygens (including phenoxy) is 1. The average Bonchev–Trinajstić information content (AvgIpc) is 2.58. The molecule has 2 aromatic rings. The molecule has 2 amide bonds. The standard InChI is InChI=1S/C16H17ClN4O2/c17-13-3-1-2-4-14(13)20-16(22)21-9-6-12(7-10-21)23-15-5-8-18-11-19-15/h1-5,8,11-12H,6-7,9-10H2,(H,20,22). The van der Waals surface area contributed by atoms with E-state index < -0.39 is 0 Å². The van der Waals surface area contributed by atoms with Gasteiger partial charge in [-0.25, -0.2) is 14.8 Å². The smallest absolute Gasteiger partial charge is 0.321 e. The minimum absolute atomic E-state index is 0.0641. The number of hydrogen-bond acceptors (Lipinski definition) is 4. The van der Waals surface area contributed by atoms with Gasteiger partial charge < -0.3 is 15.0 Å². The first-order valence-corrected chi connectivity index (χ1v) is 7.83. The summed E-state index contributed by atoms with van der Waals surface area (Å²) in [6.45, 7) is 1.26. The molecule has 0 spiro atoms. The second kappa shape index (κ2) is 7.28. The van der Waals surface area contributed by atoms with E-state index >= 15 is 0 Å². The van der Waals surface area contributed by atoms with E-state index in [2.05, 4.69) is 15.3 Å². The van der Waals surface area contributed by atoms with E-state index in [1.54, 1.807) is 29.3 Å². The van der Waals surface area contributed by atoms with Crippen molar-refractivity contribution in [2.24, 2.45) is 0 Å². The lowest BCUT2D eigenvalue weighted by Crippen LogP contribution is -2.43. The highest BCUT2D eigenvalue weighted by atomic mass is 35.5. The van der Waals surface area contributed by atoms with E-state index in [-0.39, 0.29) is 12.1 Å². The van der Waals surface area contributed by atoms with Crippen molar-refractivity contribution in [3.05, 3.63) is 47.9 Å². The van der Waals surface area contributed by atoms with Crippen LogP contribution in [0.2, 0.25) is 5.02 Å². The van der Waals surface area contributed by atoms with Crippen LogP contribution >= 0.6 is 11.6 Å². The molecular weight excluding hydrogens is 316 g/mol. The Morgan fingerprint density at radius 2 is 2.04 bits per heavy atom. The largest absolute Gasteiger partial charge is 0.474 e. The molecule has 6 nitrogen and oxygen atoms in total. The molecule has 1 saturated heterocycles. The fraction of sp³-hybridized carbons (Fsp3) is 0.312. The van der Waals surface area contributed by atoms with Gasteiger partial charge in [0.15, 0.2) is 0 Å². The fourth-order valence-corrected chi connectivity index (χ4v) is 2.64. The van der Waals surface area contributed by atoms with Crippen molar-refractivity contribution < 1.29 is 9.53 Å². The minimum Gasteiger partial charge on any atom is -0.474 e. The van der Waals surface area contributed by atoms with Crippen LogP contribution < -0.4 is 10.1 Å². The van der Waals surface area contributed by atoms with Crippen LogP contribution in [0.1, 0.15) is 12.8 Å². The summed E-state index contributed by atoms with van der Waals surface area (Å²) in [5, 5.41) is 3.37. The molecule has 1 aliphatic rings. The second-order valence-corrected chi connectivity index (χ2v) is 5.67. The SMILES string of the molecule is O=C(Nc1ccccc1Cl)N1CCC(Oc2ccncn2)CC1.